The summed E-state index contributed by atoms with van der Waals surface area (Å²) >= 11 is 0. The fraction of sp³-hybridized carbons (Fsp3) is 0.391. The monoisotopic (exact) mass is 415 g/mol. The minimum atomic E-state index is -0.257. The first kappa shape index (κ1) is 19.5. The fourth-order valence-corrected chi connectivity index (χ4v) is 4.57. The van der Waals surface area contributed by atoms with Crippen LogP contribution in [0.1, 0.15) is 37.3 Å². The van der Waals surface area contributed by atoms with E-state index in [2.05, 4.69) is 37.6 Å². The van der Waals surface area contributed by atoms with Gasteiger partial charge in [0.05, 0.1) is 0 Å². The molecule has 0 amide bonds. The predicted molar refractivity (Wildman–Crippen MR) is 121 cm³/mol. The zero-order valence-corrected chi connectivity index (χ0v) is 17.3. The van der Waals surface area contributed by atoms with Gasteiger partial charge in [-0.05, 0) is 43.2 Å². The molecule has 1 saturated carbocycles. The molecular formula is C23H25N7O. The van der Waals surface area contributed by atoms with E-state index in [4.69, 9.17) is 0 Å². The van der Waals surface area contributed by atoms with Crippen LogP contribution in [-0.2, 0) is 0 Å². The third kappa shape index (κ3) is 3.84. The summed E-state index contributed by atoms with van der Waals surface area (Å²) in [6.45, 7) is 4.01. The number of nitriles is 1. The Kier molecular flexibility index (Phi) is 5.26. The van der Waals surface area contributed by atoms with Gasteiger partial charge in [-0.25, -0.2) is 4.98 Å². The maximum absolute atomic E-state index is 12.9. The smallest absolute Gasteiger partial charge is 0.270 e. The Morgan fingerprint density at radius 1 is 1.13 bits per heavy atom. The lowest BCUT2D eigenvalue weighted by Crippen LogP contribution is -2.43. The van der Waals surface area contributed by atoms with Gasteiger partial charge in [0.1, 0.15) is 17.3 Å². The highest BCUT2D eigenvalue weighted by atomic mass is 16.1. The zero-order valence-electron chi connectivity index (χ0n) is 17.3. The number of nitrogens with zero attached hydrogens (tertiary/aromatic N) is 5. The number of hydrogen-bond acceptors (Lipinski definition) is 7. The molecule has 0 radical (unpaired) electrons. The lowest BCUT2D eigenvalue weighted by atomic mass is 10.2. The van der Waals surface area contributed by atoms with Crippen LogP contribution in [0.2, 0.25) is 0 Å². The summed E-state index contributed by atoms with van der Waals surface area (Å²) in [7, 11) is 0. The van der Waals surface area contributed by atoms with Crippen molar-refractivity contribution in [3.05, 3.63) is 52.4 Å². The second-order valence-corrected chi connectivity index (χ2v) is 8.16. The van der Waals surface area contributed by atoms with Gasteiger partial charge in [-0.1, -0.05) is 12.8 Å². The Labute approximate surface area is 180 Å². The fourth-order valence-electron chi connectivity index (χ4n) is 4.57. The summed E-state index contributed by atoms with van der Waals surface area (Å²) in [5.74, 6) is 0.443. The minimum absolute atomic E-state index is 0.0874. The van der Waals surface area contributed by atoms with Crippen LogP contribution in [-0.4, -0.2) is 40.7 Å². The minimum Gasteiger partial charge on any atom is -0.369 e. The topological polar surface area (TPSA) is 98.9 Å². The molecule has 3 aromatic rings. The Morgan fingerprint density at radius 2 is 1.87 bits per heavy atom. The van der Waals surface area contributed by atoms with Gasteiger partial charge in [-0.3, -0.25) is 9.36 Å². The van der Waals surface area contributed by atoms with E-state index in [1.165, 1.54) is 5.69 Å². The molecule has 2 N–H and O–H groups in total. The normalized spacial score (nSPS) is 17.1. The van der Waals surface area contributed by atoms with Gasteiger partial charge < -0.3 is 15.5 Å². The van der Waals surface area contributed by atoms with Crippen molar-refractivity contribution in [2.75, 3.05) is 36.4 Å². The Bertz CT molecular complexity index is 1180. The van der Waals surface area contributed by atoms with E-state index in [-0.39, 0.29) is 17.2 Å². The number of rotatable bonds is 4. The van der Waals surface area contributed by atoms with E-state index in [0.29, 0.717) is 17.0 Å². The molecular weight excluding hydrogens is 390 g/mol. The van der Waals surface area contributed by atoms with E-state index >= 15 is 0 Å². The van der Waals surface area contributed by atoms with Gasteiger partial charge in [0.2, 0.25) is 5.95 Å². The van der Waals surface area contributed by atoms with Crippen LogP contribution >= 0.6 is 0 Å². The highest BCUT2D eigenvalue weighted by Crippen LogP contribution is 2.31. The number of hydrogen-bond donors (Lipinski definition) is 2. The number of piperazine rings is 1. The average Bonchev–Trinajstić information content (AvgIpc) is 3.34. The molecule has 158 valence electrons. The maximum Gasteiger partial charge on any atom is 0.270 e. The summed E-state index contributed by atoms with van der Waals surface area (Å²) in [4.78, 5) is 24.4. The zero-order chi connectivity index (χ0) is 21.2. The van der Waals surface area contributed by atoms with Crippen molar-refractivity contribution in [1.29, 1.82) is 5.26 Å². The first-order chi connectivity index (χ1) is 15.2. The molecule has 8 heteroatoms. The first-order valence-electron chi connectivity index (χ1n) is 10.9. The summed E-state index contributed by atoms with van der Waals surface area (Å²) in [5.41, 5.74) is 2.57. The SMILES string of the molecule is N#Cc1cc2cnc(Nc3ccc(N4CCNCC4)cc3)nc2n(C2CCCC2)c1=O. The average molecular weight is 416 g/mol. The van der Waals surface area contributed by atoms with Crippen molar-refractivity contribution < 1.29 is 0 Å². The Balaban J connectivity index is 1.46. The number of nitrogens with one attached hydrogen (secondary N) is 2. The van der Waals surface area contributed by atoms with Crippen LogP contribution in [0.25, 0.3) is 11.0 Å². The van der Waals surface area contributed by atoms with Crippen molar-refractivity contribution in [2.45, 2.75) is 31.7 Å². The molecule has 1 saturated heterocycles. The molecule has 5 rings (SSSR count). The molecule has 2 aromatic heterocycles. The summed E-state index contributed by atoms with van der Waals surface area (Å²) in [6.07, 6.45) is 5.73. The second kappa shape index (κ2) is 8.36. The van der Waals surface area contributed by atoms with Crippen molar-refractivity contribution in [2.24, 2.45) is 0 Å². The van der Waals surface area contributed by atoms with Crippen molar-refractivity contribution in [1.82, 2.24) is 19.9 Å². The number of fused-ring (bicyclic) bond motifs is 1. The number of benzene rings is 1. The Hall–Kier alpha value is -3.44. The summed E-state index contributed by atoms with van der Waals surface area (Å²) in [5, 5.41) is 16.7. The molecule has 1 aliphatic heterocycles. The molecule has 1 aliphatic carbocycles. The number of anilines is 3. The molecule has 0 bridgehead atoms. The van der Waals surface area contributed by atoms with Gasteiger partial charge in [-0.15, -0.1) is 0 Å². The highest BCUT2D eigenvalue weighted by molar-refractivity contribution is 5.77. The molecule has 1 aromatic carbocycles. The standard InChI is InChI=1S/C23H25N7O/c24-14-16-13-17-15-26-23(28-21(17)30(22(16)31)20-3-1-2-4-20)27-18-5-7-19(8-6-18)29-11-9-25-10-12-29/h5-8,13,15,20,25H,1-4,9-12H2,(H,26,27,28). The van der Waals surface area contributed by atoms with Gasteiger partial charge >= 0.3 is 0 Å². The van der Waals surface area contributed by atoms with Crippen LogP contribution in [0.15, 0.2) is 41.3 Å². The molecule has 2 fully saturated rings. The molecule has 31 heavy (non-hydrogen) atoms. The lowest BCUT2D eigenvalue weighted by molar-refractivity contribution is 0.515. The quantitative estimate of drug-likeness (QED) is 0.676. The van der Waals surface area contributed by atoms with Gasteiger partial charge in [0.25, 0.3) is 5.56 Å². The third-order valence-corrected chi connectivity index (χ3v) is 6.19. The molecule has 2 aliphatic rings. The predicted octanol–water partition coefficient (Wildman–Crippen LogP) is 2.93. The van der Waals surface area contributed by atoms with Gasteiger partial charge in [0, 0.05) is 55.2 Å². The third-order valence-electron chi connectivity index (χ3n) is 6.19. The largest absolute Gasteiger partial charge is 0.369 e. The van der Waals surface area contributed by atoms with Crippen LogP contribution in [0.3, 0.4) is 0 Å². The lowest BCUT2D eigenvalue weighted by Gasteiger charge is -2.29. The van der Waals surface area contributed by atoms with E-state index in [1.807, 2.05) is 18.2 Å². The van der Waals surface area contributed by atoms with Crippen LogP contribution in [0, 0.1) is 11.3 Å². The van der Waals surface area contributed by atoms with Crippen LogP contribution in [0.4, 0.5) is 17.3 Å². The molecule has 8 nitrogen and oxygen atoms in total. The van der Waals surface area contributed by atoms with Crippen molar-refractivity contribution >= 4 is 28.4 Å². The molecule has 0 unspecified atom stereocenters. The Morgan fingerprint density at radius 3 is 2.58 bits per heavy atom. The van der Waals surface area contributed by atoms with Crippen molar-refractivity contribution in [3.8, 4) is 6.07 Å². The molecule has 0 atom stereocenters. The molecule has 3 heterocycles. The molecule has 0 spiro atoms. The first-order valence-corrected chi connectivity index (χ1v) is 10.9. The van der Waals surface area contributed by atoms with E-state index in [9.17, 15) is 10.1 Å². The highest BCUT2D eigenvalue weighted by Gasteiger charge is 2.22. The van der Waals surface area contributed by atoms with E-state index in [1.54, 1.807) is 16.8 Å². The van der Waals surface area contributed by atoms with Crippen molar-refractivity contribution in [3.63, 3.8) is 0 Å². The number of pyridine rings is 1. The second-order valence-electron chi connectivity index (χ2n) is 8.16. The van der Waals surface area contributed by atoms with Gasteiger partial charge in [-0.2, -0.15) is 10.2 Å². The van der Waals surface area contributed by atoms with Crippen LogP contribution in [0.5, 0.6) is 0 Å². The maximum atomic E-state index is 12.9. The van der Waals surface area contributed by atoms with Crippen LogP contribution < -0.4 is 21.1 Å². The summed E-state index contributed by atoms with van der Waals surface area (Å²) in [6, 6.07) is 11.9. The van der Waals surface area contributed by atoms with E-state index in [0.717, 1.165) is 57.5 Å². The summed E-state index contributed by atoms with van der Waals surface area (Å²) < 4.78 is 1.71. The van der Waals surface area contributed by atoms with Gasteiger partial charge in [0.15, 0.2) is 0 Å². The van der Waals surface area contributed by atoms with E-state index < -0.39 is 0 Å². The number of aromatic nitrogens is 3.